The summed E-state index contributed by atoms with van der Waals surface area (Å²) in [4.78, 5) is 33.5. The highest BCUT2D eigenvalue weighted by atomic mass is 16.2. The Morgan fingerprint density at radius 2 is 1.77 bits per heavy atom. The summed E-state index contributed by atoms with van der Waals surface area (Å²) < 4.78 is 0. The second-order valence-electron chi connectivity index (χ2n) is 3.88. The van der Waals surface area contributed by atoms with Crippen molar-refractivity contribution in [2.24, 2.45) is 5.41 Å². The molecule has 3 heteroatoms. The van der Waals surface area contributed by atoms with Gasteiger partial charge in [-0.25, -0.2) is 0 Å². The van der Waals surface area contributed by atoms with E-state index in [0.29, 0.717) is 25.7 Å². The Kier molecular flexibility index (Phi) is 2.64. The molecule has 0 saturated heterocycles. The molecule has 0 atom stereocenters. The van der Waals surface area contributed by atoms with Crippen LogP contribution in [0.15, 0.2) is 0 Å². The summed E-state index contributed by atoms with van der Waals surface area (Å²) in [6.45, 7) is 3.14. The molecule has 72 valence electrons. The molecule has 1 rings (SSSR count). The van der Waals surface area contributed by atoms with Gasteiger partial charge in [-0.2, -0.15) is 0 Å². The average Bonchev–Trinajstić information content (AvgIpc) is 2.31. The normalized spacial score (nSPS) is 20.8. The van der Waals surface area contributed by atoms with Crippen molar-refractivity contribution in [3.8, 4) is 0 Å². The summed E-state index contributed by atoms with van der Waals surface area (Å²) in [7, 11) is 0. The van der Waals surface area contributed by atoms with Crippen LogP contribution in [-0.4, -0.2) is 17.3 Å². The molecule has 0 N–H and O–H groups in total. The number of carbonyl (C=O) groups excluding carboxylic acids is 3. The van der Waals surface area contributed by atoms with E-state index in [9.17, 15) is 14.4 Å². The number of ketones is 3. The molecule has 3 nitrogen and oxygen atoms in total. The second kappa shape index (κ2) is 3.40. The molecule has 0 aromatic rings. The van der Waals surface area contributed by atoms with E-state index in [1.165, 1.54) is 6.92 Å². The van der Waals surface area contributed by atoms with Gasteiger partial charge in [0.1, 0.15) is 17.3 Å². The molecule has 0 amide bonds. The summed E-state index contributed by atoms with van der Waals surface area (Å²) in [6, 6.07) is 0. The minimum Gasteiger partial charge on any atom is -0.300 e. The second-order valence-corrected chi connectivity index (χ2v) is 3.88. The van der Waals surface area contributed by atoms with Gasteiger partial charge in [0.05, 0.1) is 5.41 Å². The van der Waals surface area contributed by atoms with E-state index >= 15 is 0 Å². The van der Waals surface area contributed by atoms with Gasteiger partial charge in [-0.15, -0.1) is 0 Å². The van der Waals surface area contributed by atoms with Gasteiger partial charge in [-0.05, 0) is 20.3 Å². The smallest absolute Gasteiger partial charge is 0.146 e. The van der Waals surface area contributed by atoms with Gasteiger partial charge in [-0.1, -0.05) is 0 Å². The van der Waals surface area contributed by atoms with Crippen molar-refractivity contribution < 1.29 is 14.4 Å². The predicted molar refractivity (Wildman–Crippen MR) is 47.3 cm³/mol. The first-order valence-corrected chi connectivity index (χ1v) is 4.53. The SMILES string of the molecule is CC(=O)CCC1(C)C(=O)CCC1=O. The molecule has 0 heterocycles. The molecule has 0 radical (unpaired) electrons. The Hall–Kier alpha value is -0.990. The van der Waals surface area contributed by atoms with Crippen LogP contribution in [0, 0.1) is 5.41 Å². The highest BCUT2D eigenvalue weighted by Gasteiger charge is 2.44. The first kappa shape index (κ1) is 10.1. The lowest BCUT2D eigenvalue weighted by Gasteiger charge is -2.18. The minimum absolute atomic E-state index is 0.00116. The van der Waals surface area contributed by atoms with Crippen LogP contribution in [0.3, 0.4) is 0 Å². The zero-order valence-corrected chi connectivity index (χ0v) is 8.05. The fourth-order valence-corrected chi connectivity index (χ4v) is 1.64. The van der Waals surface area contributed by atoms with Gasteiger partial charge < -0.3 is 4.79 Å². The van der Waals surface area contributed by atoms with E-state index < -0.39 is 5.41 Å². The van der Waals surface area contributed by atoms with Crippen LogP contribution < -0.4 is 0 Å². The summed E-state index contributed by atoms with van der Waals surface area (Å²) in [5.74, 6) is 0.0335. The van der Waals surface area contributed by atoms with Crippen molar-refractivity contribution in [2.75, 3.05) is 0 Å². The Bertz CT molecular complexity index is 249. The van der Waals surface area contributed by atoms with Crippen molar-refractivity contribution >= 4 is 17.3 Å². The molecule has 1 saturated carbocycles. The van der Waals surface area contributed by atoms with Crippen molar-refractivity contribution in [1.29, 1.82) is 0 Å². The summed E-state index contributed by atoms with van der Waals surface area (Å²) in [6.07, 6.45) is 1.43. The largest absolute Gasteiger partial charge is 0.300 e. The van der Waals surface area contributed by atoms with E-state index in [-0.39, 0.29) is 17.3 Å². The van der Waals surface area contributed by atoms with Crippen molar-refractivity contribution in [3.05, 3.63) is 0 Å². The van der Waals surface area contributed by atoms with Crippen molar-refractivity contribution in [2.45, 2.75) is 39.5 Å². The first-order valence-electron chi connectivity index (χ1n) is 4.53. The third-order valence-electron chi connectivity index (χ3n) is 2.79. The van der Waals surface area contributed by atoms with Crippen molar-refractivity contribution in [3.63, 3.8) is 0 Å². The molecular formula is C10H14O3. The van der Waals surface area contributed by atoms with Crippen LogP contribution in [0.5, 0.6) is 0 Å². The number of hydrogen-bond donors (Lipinski definition) is 0. The van der Waals surface area contributed by atoms with Gasteiger partial charge in [0.2, 0.25) is 0 Å². The maximum atomic E-state index is 11.4. The molecular weight excluding hydrogens is 168 g/mol. The fourth-order valence-electron chi connectivity index (χ4n) is 1.64. The Balaban J connectivity index is 2.68. The lowest BCUT2D eigenvalue weighted by atomic mass is 9.81. The Morgan fingerprint density at radius 1 is 1.31 bits per heavy atom. The van der Waals surface area contributed by atoms with Crippen LogP contribution in [0.25, 0.3) is 0 Å². The van der Waals surface area contributed by atoms with Gasteiger partial charge in [0.25, 0.3) is 0 Å². The quantitative estimate of drug-likeness (QED) is 0.618. The fraction of sp³-hybridized carbons (Fsp3) is 0.700. The molecule has 0 aromatic heterocycles. The summed E-state index contributed by atoms with van der Waals surface area (Å²) in [5, 5.41) is 0. The van der Waals surface area contributed by atoms with Crippen LogP contribution in [0.1, 0.15) is 39.5 Å². The topological polar surface area (TPSA) is 51.2 Å². The maximum Gasteiger partial charge on any atom is 0.146 e. The lowest BCUT2D eigenvalue weighted by Crippen LogP contribution is -2.29. The Labute approximate surface area is 77.5 Å². The highest BCUT2D eigenvalue weighted by Crippen LogP contribution is 2.35. The van der Waals surface area contributed by atoms with E-state index in [0.717, 1.165) is 0 Å². The number of carbonyl (C=O) groups is 3. The van der Waals surface area contributed by atoms with Crippen LogP contribution in [0.4, 0.5) is 0 Å². The van der Waals surface area contributed by atoms with Crippen molar-refractivity contribution in [1.82, 2.24) is 0 Å². The van der Waals surface area contributed by atoms with Gasteiger partial charge in [0.15, 0.2) is 0 Å². The number of Topliss-reactive ketones (excluding diaryl/α,β-unsaturated/α-hetero) is 3. The molecule has 1 aliphatic rings. The summed E-state index contributed by atoms with van der Waals surface area (Å²) in [5.41, 5.74) is -0.855. The molecule has 0 bridgehead atoms. The van der Waals surface area contributed by atoms with E-state index in [2.05, 4.69) is 0 Å². The number of hydrogen-bond acceptors (Lipinski definition) is 3. The minimum atomic E-state index is -0.855. The van der Waals surface area contributed by atoms with Crippen LogP contribution >= 0.6 is 0 Å². The molecule has 0 aliphatic heterocycles. The molecule has 0 spiro atoms. The summed E-state index contributed by atoms with van der Waals surface area (Å²) >= 11 is 0. The predicted octanol–water partition coefficient (Wildman–Crippen LogP) is 1.29. The molecule has 1 aliphatic carbocycles. The van der Waals surface area contributed by atoms with Gasteiger partial charge in [0, 0.05) is 19.3 Å². The molecule has 0 unspecified atom stereocenters. The zero-order valence-electron chi connectivity index (χ0n) is 8.05. The van der Waals surface area contributed by atoms with Gasteiger partial charge >= 0.3 is 0 Å². The van der Waals surface area contributed by atoms with E-state index in [1.807, 2.05) is 0 Å². The standard InChI is InChI=1S/C10H14O3/c1-7(11)5-6-10(2)8(12)3-4-9(10)13/h3-6H2,1-2H3. The molecule has 13 heavy (non-hydrogen) atoms. The third kappa shape index (κ3) is 1.85. The van der Waals surface area contributed by atoms with Gasteiger partial charge in [-0.3, -0.25) is 9.59 Å². The number of rotatable bonds is 3. The average molecular weight is 182 g/mol. The molecule has 1 fully saturated rings. The van der Waals surface area contributed by atoms with E-state index in [4.69, 9.17) is 0 Å². The highest BCUT2D eigenvalue weighted by molar-refractivity contribution is 6.12. The van der Waals surface area contributed by atoms with Crippen LogP contribution in [-0.2, 0) is 14.4 Å². The zero-order chi connectivity index (χ0) is 10.1. The van der Waals surface area contributed by atoms with Crippen LogP contribution in [0.2, 0.25) is 0 Å². The third-order valence-corrected chi connectivity index (χ3v) is 2.79. The molecule has 0 aromatic carbocycles. The van der Waals surface area contributed by atoms with E-state index in [1.54, 1.807) is 6.92 Å². The lowest BCUT2D eigenvalue weighted by molar-refractivity contribution is -0.134. The Morgan fingerprint density at radius 3 is 2.15 bits per heavy atom. The maximum absolute atomic E-state index is 11.4. The first-order chi connectivity index (χ1) is 5.97. The monoisotopic (exact) mass is 182 g/mol.